The number of ether oxygens (including phenoxy) is 1. The van der Waals surface area contributed by atoms with Gasteiger partial charge in [-0.2, -0.15) is 18.2 Å². The molecule has 0 spiro atoms. The molecule has 182 valence electrons. The van der Waals surface area contributed by atoms with Crippen LogP contribution in [0.2, 0.25) is 0 Å². The number of fused-ring (bicyclic) bond motifs is 3. The van der Waals surface area contributed by atoms with Crippen LogP contribution in [0.5, 0.6) is 0 Å². The van der Waals surface area contributed by atoms with Crippen LogP contribution in [0.4, 0.5) is 30.8 Å². The van der Waals surface area contributed by atoms with Gasteiger partial charge in [-0.3, -0.25) is 14.2 Å². The maximum Gasteiger partial charge on any atom is 0.408 e. The average Bonchev–Trinajstić information content (AvgIpc) is 3.42. The van der Waals surface area contributed by atoms with E-state index in [1.807, 2.05) is 4.90 Å². The molecule has 3 aliphatic heterocycles. The molecule has 5 heterocycles. The van der Waals surface area contributed by atoms with Crippen molar-refractivity contribution < 1.29 is 22.7 Å². The number of morpholine rings is 1. The number of carbonyl (C=O) groups excluding carboxylic acids is 1. The molecule has 2 saturated heterocycles. The summed E-state index contributed by atoms with van der Waals surface area (Å²) >= 11 is 0. The zero-order chi connectivity index (χ0) is 24.2. The van der Waals surface area contributed by atoms with Gasteiger partial charge in [0, 0.05) is 45.0 Å². The lowest BCUT2D eigenvalue weighted by molar-refractivity contribution is -0.152. The first-order valence-electron chi connectivity index (χ1n) is 11.1. The molecule has 0 N–H and O–H groups in total. The van der Waals surface area contributed by atoms with E-state index in [1.165, 1.54) is 22.9 Å². The Morgan fingerprint density at radius 2 is 2.09 bits per heavy atom. The zero-order valence-corrected chi connectivity index (χ0v) is 18.8. The quantitative estimate of drug-likeness (QED) is 0.601. The molecule has 0 aromatic carbocycles. The van der Waals surface area contributed by atoms with Crippen LogP contribution in [0, 0.1) is 0 Å². The Morgan fingerprint density at radius 1 is 1.29 bits per heavy atom. The lowest BCUT2D eigenvalue weighted by atomic mass is 10.1. The number of hydrogen-bond donors (Lipinski definition) is 0. The van der Waals surface area contributed by atoms with Crippen LogP contribution in [0.1, 0.15) is 23.2 Å². The number of anilines is 3. The minimum absolute atomic E-state index is 0.0313. The molecule has 5 rings (SSSR count). The van der Waals surface area contributed by atoms with Crippen molar-refractivity contribution in [1.29, 1.82) is 0 Å². The SMILES string of the molecule is CN(C)c1ccc(C(=O)CN2c3nc(N4C[C@H]5C[C@H]4CO5)cc(=O)n3CC[C@H]2C(F)(F)F)cn1. The molecule has 0 saturated carbocycles. The standard InChI is InChI=1S/C22H25F3N6O3/c1-28(2)18-4-3-13(9-26-18)16(32)11-31-17(22(23,24)25)5-6-29-20(33)8-19(27-21(29)31)30-10-15-7-14(30)12-34-15/h3-4,8-9,14-15,17H,5-7,10-12H2,1-2H3/t14-,15+,17-/m0/s1. The first kappa shape index (κ1) is 22.6. The van der Waals surface area contributed by atoms with Gasteiger partial charge in [0.1, 0.15) is 17.7 Å². The van der Waals surface area contributed by atoms with Crippen molar-refractivity contribution in [2.75, 3.05) is 48.5 Å². The average molecular weight is 478 g/mol. The van der Waals surface area contributed by atoms with Crippen LogP contribution in [-0.4, -0.2) is 78.5 Å². The summed E-state index contributed by atoms with van der Waals surface area (Å²) in [6.07, 6.45) is -2.76. The summed E-state index contributed by atoms with van der Waals surface area (Å²) in [5, 5.41) is 0. The summed E-state index contributed by atoms with van der Waals surface area (Å²) in [5.41, 5.74) is -0.241. The third-order valence-corrected chi connectivity index (χ3v) is 6.65. The highest BCUT2D eigenvalue weighted by molar-refractivity contribution is 5.99. The number of halogens is 3. The van der Waals surface area contributed by atoms with E-state index in [2.05, 4.69) is 9.97 Å². The van der Waals surface area contributed by atoms with Crippen molar-refractivity contribution >= 4 is 23.4 Å². The molecule has 0 amide bonds. The summed E-state index contributed by atoms with van der Waals surface area (Å²) in [7, 11) is 3.59. The molecule has 9 nitrogen and oxygen atoms in total. The van der Waals surface area contributed by atoms with E-state index in [9.17, 15) is 22.8 Å². The second-order valence-electron chi connectivity index (χ2n) is 9.10. The molecular formula is C22H25F3N6O3. The van der Waals surface area contributed by atoms with Crippen molar-refractivity contribution in [3.05, 3.63) is 40.3 Å². The maximum absolute atomic E-state index is 14.0. The first-order chi connectivity index (χ1) is 16.1. The van der Waals surface area contributed by atoms with Gasteiger partial charge in [0.05, 0.1) is 25.3 Å². The summed E-state index contributed by atoms with van der Waals surface area (Å²) < 4.78 is 48.8. The number of Topliss-reactive ketones (excluding diaryl/α,β-unsaturated/α-hetero) is 1. The molecule has 2 aromatic heterocycles. The van der Waals surface area contributed by atoms with Gasteiger partial charge in [0.2, 0.25) is 5.95 Å². The van der Waals surface area contributed by atoms with Crippen molar-refractivity contribution in [3.63, 3.8) is 0 Å². The van der Waals surface area contributed by atoms with Crippen LogP contribution in [0.25, 0.3) is 0 Å². The molecule has 2 bridgehead atoms. The predicted octanol–water partition coefficient (Wildman–Crippen LogP) is 1.71. The van der Waals surface area contributed by atoms with E-state index in [0.29, 0.717) is 24.8 Å². The van der Waals surface area contributed by atoms with Crippen molar-refractivity contribution in [3.8, 4) is 0 Å². The van der Waals surface area contributed by atoms with E-state index in [0.717, 1.165) is 11.3 Å². The third kappa shape index (κ3) is 3.99. The molecule has 0 unspecified atom stereocenters. The van der Waals surface area contributed by atoms with Crippen LogP contribution < -0.4 is 20.3 Å². The Bertz CT molecular complexity index is 1150. The van der Waals surface area contributed by atoms with Crippen LogP contribution in [0.15, 0.2) is 29.2 Å². The molecule has 3 aliphatic rings. The first-order valence-corrected chi connectivity index (χ1v) is 11.1. The number of nitrogens with zero attached hydrogens (tertiary/aromatic N) is 6. The van der Waals surface area contributed by atoms with Gasteiger partial charge in [0.25, 0.3) is 5.56 Å². The van der Waals surface area contributed by atoms with Crippen molar-refractivity contribution in [2.24, 2.45) is 0 Å². The van der Waals surface area contributed by atoms with Crippen molar-refractivity contribution in [2.45, 2.75) is 43.8 Å². The van der Waals surface area contributed by atoms with Crippen LogP contribution in [-0.2, 0) is 11.3 Å². The van der Waals surface area contributed by atoms with Gasteiger partial charge in [0.15, 0.2) is 5.78 Å². The number of aromatic nitrogens is 3. The fourth-order valence-electron chi connectivity index (χ4n) is 4.87. The molecule has 3 atom stereocenters. The zero-order valence-electron chi connectivity index (χ0n) is 18.8. The van der Waals surface area contributed by atoms with Crippen LogP contribution in [0.3, 0.4) is 0 Å². The summed E-state index contributed by atoms with van der Waals surface area (Å²) in [5.74, 6) is 0.277. The number of alkyl halides is 3. The number of hydrogen-bond acceptors (Lipinski definition) is 8. The third-order valence-electron chi connectivity index (χ3n) is 6.65. The monoisotopic (exact) mass is 478 g/mol. The van der Waals surface area contributed by atoms with E-state index >= 15 is 0 Å². The predicted molar refractivity (Wildman–Crippen MR) is 119 cm³/mol. The molecule has 2 fully saturated rings. The second-order valence-corrected chi connectivity index (χ2v) is 9.10. The highest BCUT2D eigenvalue weighted by atomic mass is 19.4. The van der Waals surface area contributed by atoms with Crippen molar-refractivity contribution in [1.82, 2.24) is 14.5 Å². The smallest absolute Gasteiger partial charge is 0.374 e. The van der Waals surface area contributed by atoms with Gasteiger partial charge in [-0.15, -0.1) is 0 Å². The Balaban J connectivity index is 1.50. The number of pyridine rings is 1. The van der Waals surface area contributed by atoms with Gasteiger partial charge >= 0.3 is 6.18 Å². The second kappa shape index (κ2) is 8.26. The minimum atomic E-state index is -4.59. The highest BCUT2D eigenvalue weighted by Crippen LogP contribution is 2.36. The lowest BCUT2D eigenvalue weighted by Crippen LogP contribution is -2.54. The molecular weight excluding hydrogens is 453 g/mol. The molecule has 2 aromatic rings. The van der Waals surface area contributed by atoms with E-state index in [4.69, 9.17) is 4.74 Å². The normalized spacial score (nSPS) is 23.9. The molecule has 0 radical (unpaired) electrons. The maximum atomic E-state index is 14.0. The number of ketones is 1. The van der Waals surface area contributed by atoms with E-state index < -0.39 is 30.1 Å². The van der Waals surface area contributed by atoms with Gasteiger partial charge in [-0.25, -0.2) is 4.98 Å². The number of rotatable bonds is 5. The number of carbonyl (C=O) groups is 1. The Labute approximate surface area is 193 Å². The topological polar surface area (TPSA) is 83.8 Å². The van der Waals surface area contributed by atoms with Crippen LogP contribution >= 0.6 is 0 Å². The van der Waals surface area contributed by atoms with Gasteiger partial charge in [-0.05, 0) is 25.0 Å². The summed E-state index contributed by atoms with van der Waals surface area (Å²) in [4.78, 5) is 39.1. The van der Waals surface area contributed by atoms with E-state index in [1.54, 1.807) is 25.1 Å². The molecule has 12 heteroatoms. The lowest BCUT2D eigenvalue weighted by Gasteiger charge is -2.39. The minimum Gasteiger partial charge on any atom is -0.374 e. The highest BCUT2D eigenvalue weighted by Gasteiger charge is 2.48. The largest absolute Gasteiger partial charge is 0.408 e. The molecule has 34 heavy (non-hydrogen) atoms. The Hall–Kier alpha value is -3.15. The Morgan fingerprint density at radius 3 is 2.68 bits per heavy atom. The summed E-state index contributed by atoms with van der Waals surface area (Å²) in [6, 6.07) is 2.64. The Kier molecular flexibility index (Phi) is 5.50. The van der Waals surface area contributed by atoms with E-state index in [-0.39, 0.29) is 36.6 Å². The van der Waals surface area contributed by atoms with Gasteiger partial charge in [-0.1, -0.05) is 0 Å². The summed E-state index contributed by atoms with van der Waals surface area (Å²) in [6.45, 7) is 0.336. The fourth-order valence-corrected chi connectivity index (χ4v) is 4.87. The molecule has 0 aliphatic carbocycles. The van der Waals surface area contributed by atoms with Gasteiger partial charge < -0.3 is 19.4 Å². The fraction of sp³-hybridized carbons (Fsp3) is 0.545.